The molecule has 0 bridgehead atoms. The molecule has 1 unspecified atom stereocenters. The van der Waals surface area contributed by atoms with Gasteiger partial charge in [0.1, 0.15) is 6.04 Å². The Labute approximate surface area is 159 Å². The van der Waals surface area contributed by atoms with Gasteiger partial charge in [-0.1, -0.05) is 17.7 Å². The number of nitrogens with one attached hydrogen (secondary N) is 1. The number of likely N-dealkylation sites (tertiary alicyclic amines) is 1. The standard InChI is InChI=1S/C16H23ClN2O4S2/c1-3-23-15(20)14(16(24)7-9-19(2)10-8-16)18-25(21,22)13-6-4-5-12(17)11-13/h4-6,11,14,18,24H,3,7-10H2,1-2H3. The minimum absolute atomic E-state index is 0.000778. The Morgan fingerprint density at radius 1 is 1.44 bits per heavy atom. The normalized spacial score (nSPS) is 19.4. The van der Waals surface area contributed by atoms with Crippen LogP contribution in [0, 0.1) is 0 Å². The van der Waals surface area contributed by atoms with Crippen molar-refractivity contribution in [1.82, 2.24) is 9.62 Å². The van der Waals surface area contributed by atoms with Crippen molar-refractivity contribution in [3.8, 4) is 0 Å². The fraction of sp³-hybridized carbons (Fsp3) is 0.562. The number of esters is 1. The smallest absolute Gasteiger partial charge is 0.325 e. The molecule has 0 spiro atoms. The van der Waals surface area contributed by atoms with Gasteiger partial charge in [0.2, 0.25) is 10.0 Å². The van der Waals surface area contributed by atoms with E-state index in [4.69, 9.17) is 16.3 Å². The molecule has 1 aliphatic rings. The van der Waals surface area contributed by atoms with Crippen molar-refractivity contribution in [2.24, 2.45) is 0 Å². The van der Waals surface area contributed by atoms with Crippen LogP contribution in [0.2, 0.25) is 5.02 Å². The quantitative estimate of drug-likeness (QED) is 0.557. The Balaban J connectivity index is 2.31. The fourth-order valence-corrected chi connectivity index (χ4v) is 4.77. The van der Waals surface area contributed by atoms with E-state index < -0.39 is 26.8 Å². The van der Waals surface area contributed by atoms with E-state index in [9.17, 15) is 13.2 Å². The Morgan fingerprint density at radius 2 is 2.08 bits per heavy atom. The summed E-state index contributed by atoms with van der Waals surface area (Å²) in [4.78, 5) is 14.6. The number of thiol groups is 1. The van der Waals surface area contributed by atoms with Crippen molar-refractivity contribution in [3.63, 3.8) is 0 Å². The van der Waals surface area contributed by atoms with Gasteiger partial charge in [0.05, 0.1) is 11.5 Å². The summed E-state index contributed by atoms with van der Waals surface area (Å²) in [7, 11) is -1.97. The van der Waals surface area contributed by atoms with E-state index in [1.807, 2.05) is 7.05 Å². The fourth-order valence-electron chi connectivity index (χ4n) is 2.75. The van der Waals surface area contributed by atoms with Gasteiger partial charge < -0.3 is 9.64 Å². The lowest BCUT2D eigenvalue weighted by Gasteiger charge is -2.41. The molecular weight excluding hydrogens is 384 g/mol. The Bertz CT molecular complexity index is 719. The Kier molecular flexibility index (Phi) is 6.78. The van der Waals surface area contributed by atoms with Gasteiger partial charge >= 0.3 is 5.97 Å². The minimum Gasteiger partial charge on any atom is -0.465 e. The number of carbonyl (C=O) groups excluding carboxylic acids is 1. The highest BCUT2D eigenvalue weighted by atomic mass is 35.5. The van der Waals surface area contributed by atoms with Crippen LogP contribution in [0.3, 0.4) is 0 Å². The number of sulfonamides is 1. The molecule has 1 aliphatic heterocycles. The van der Waals surface area contributed by atoms with Gasteiger partial charge in [-0.3, -0.25) is 4.79 Å². The Morgan fingerprint density at radius 3 is 2.64 bits per heavy atom. The van der Waals surface area contributed by atoms with Crippen molar-refractivity contribution in [2.75, 3.05) is 26.7 Å². The molecule has 1 aromatic carbocycles. The Hall–Kier alpha value is -0.800. The summed E-state index contributed by atoms with van der Waals surface area (Å²) in [6, 6.07) is 4.82. The first-order valence-electron chi connectivity index (χ1n) is 8.03. The number of hydrogen-bond donors (Lipinski definition) is 2. The monoisotopic (exact) mass is 406 g/mol. The van der Waals surface area contributed by atoms with E-state index in [0.29, 0.717) is 17.9 Å². The maximum Gasteiger partial charge on any atom is 0.325 e. The molecule has 0 amide bonds. The molecule has 9 heteroatoms. The molecule has 1 heterocycles. The maximum atomic E-state index is 12.7. The van der Waals surface area contributed by atoms with Gasteiger partial charge in [-0.15, -0.1) is 0 Å². The maximum absolute atomic E-state index is 12.7. The molecule has 25 heavy (non-hydrogen) atoms. The second kappa shape index (κ2) is 8.26. The molecule has 1 atom stereocenters. The lowest BCUT2D eigenvalue weighted by molar-refractivity contribution is -0.146. The number of nitrogens with zero attached hydrogens (tertiary/aromatic N) is 1. The molecule has 1 N–H and O–H groups in total. The molecule has 0 aromatic heterocycles. The molecule has 1 fully saturated rings. The molecule has 140 valence electrons. The first kappa shape index (κ1) is 20.5. The zero-order chi connectivity index (χ0) is 18.7. The predicted octanol–water partition coefficient (Wildman–Crippen LogP) is 1.94. The summed E-state index contributed by atoms with van der Waals surface area (Å²) < 4.78 is 32.2. The SMILES string of the molecule is CCOC(=O)C(NS(=O)(=O)c1cccc(Cl)c1)C1(S)CCN(C)CC1. The van der Waals surface area contributed by atoms with Gasteiger partial charge in [0.15, 0.2) is 0 Å². The van der Waals surface area contributed by atoms with Crippen LogP contribution in [0.15, 0.2) is 29.2 Å². The molecule has 6 nitrogen and oxygen atoms in total. The summed E-state index contributed by atoms with van der Waals surface area (Å²) in [5, 5.41) is 0.301. The number of hydrogen-bond acceptors (Lipinski definition) is 6. The number of benzene rings is 1. The van der Waals surface area contributed by atoms with Crippen molar-refractivity contribution >= 4 is 40.2 Å². The molecule has 2 rings (SSSR count). The van der Waals surface area contributed by atoms with E-state index in [2.05, 4.69) is 22.3 Å². The summed E-state index contributed by atoms with van der Waals surface area (Å²) in [6.07, 6.45) is 1.13. The van der Waals surface area contributed by atoms with Crippen LogP contribution in [-0.2, 0) is 19.6 Å². The second-order valence-corrected chi connectivity index (χ2v) is 9.21. The van der Waals surface area contributed by atoms with Gasteiger partial charge in [-0.05, 0) is 58.1 Å². The number of piperidine rings is 1. The van der Waals surface area contributed by atoms with Crippen molar-refractivity contribution in [1.29, 1.82) is 0 Å². The molecule has 0 radical (unpaired) electrons. The van der Waals surface area contributed by atoms with E-state index in [1.165, 1.54) is 12.1 Å². The average molecular weight is 407 g/mol. The lowest BCUT2D eigenvalue weighted by atomic mass is 9.89. The number of ether oxygens (including phenoxy) is 1. The van der Waals surface area contributed by atoms with Crippen LogP contribution < -0.4 is 4.72 Å². The van der Waals surface area contributed by atoms with Crippen LogP contribution in [0.4, 0.5) is 0 Å². The molecular formula is C16H23ClN2O4S2. The molecule has 1 aromatic rings. The van der Waals surface area contributed by atoms with Crippen LogP contribution in [0.25, 0.3) is 0 Å². The lowest BCUT2D eigenvalue weighted by Crippen LogP contribution is -2.58. The summed E-state index contributed by atoms with van der Waals surface area (Å²) >= 11 is 10.6. The minimum atomic E-state index is -3.94. The summed E-state index contributed by atoms with van der Waals surface area (Å²) in [5.74, 6) is -0.618. The third-order valence-corrected chi connectivity index (χ3v) is 6.65. The molecule has 1 saturated heterocycles. The summed E-state index contributed by atoms with van der Waals surface area (Å²) in [5.41, 5.74) is 0. The van der Waals surface area contributed by atoms with Crippen LogP contribution >= 0.6 is 24.2 Å². The number of rotatable bonds is 6. The van der Waals surface area contributed by atoms with Gasteiger partial charge in [0.25, 0.3) is 0 Å². The van der Waals surface area contributed by atoms with E-state index in [0.717, 1.165) is 13.1 Å². The summed E-state index contributed by atoms with van der Waals surface area (Å²) in [6.45, 7) is 3.29. The van der Waals surface area contributed by atoms with E-state index in [-0.39, 0.29) is 11.5 Å². The number of halogens is 1. The first-order chi connectivity index (χ1) is 11.7. The van der Waals surface area contributed by atoms with Gasteiger partial charge in [-0.25, -0.2) is 8.42 Å². The van der Waals surface area contributed by atoms with Gasteiger partial charge in [0, 0.05) is 9.77 Å². The largest absolute Gasteiger partial charge is 0.465 e. The van der Waals surface area contributed by atoms with E-state index in [1.54, 1.807) is 19.1 Å². The van der Waals surface area contributed by atoms with Gasteiger partial charge in [-0.2, -0.15) is 17.4 Å². The third-order valence-electron chi connectivity index (χ3n) is 4.29. The highest BCUT2D eigenvalue weighted by Crippen LogP contribution is 2.33. The van der Waals surface area contributed by atoms with E-state index >= 15 is 0 Å². The second-order valence-electron chi connectivity index (χ2n) is 6.17. The van der Waals surface area contributed by atoms with Crippen LogP contribution in [-0.4, -0.2) is 56.8 Å². The van der Waals surface area contributed by atoms with Crippen molar-refractivity contribution < 1.29 is 17.9 Å². The molecule has 0 saturated carbocycles. The first-order valence-corrected chi connectivity index (χ1v) is 10.3. The van der Waals surface area contributed by atoms with Crippen molar-refractivity contribution in [3.05, 3.63) is 29.3 Å². The topological polar surface area (TPSA) is 75.7 Å². The zero-order valence-corrected chi connectivity index (χ0v) is 16.7. The van der Waals surface area contributed by atoms with Crippen molar-refractivity contribution in [2.45, 2.75) is 35.4 Å². The molecule has 0 aliphatic carbocycles. The third kappa shape index (κ3) is 5.10. The average Bonchev–Trinajstić information content (AvgIpc) is 2.56. The number of carbonyl (C=O) groups is 1. The highest BCUT2D eigenvalue weighted by molar-refractivity contribution is 7.89. The van der Waals surface area contributed by atoms with Crippen LogP contribution in [0.1, 0.15) is 19.8 Å². The predicted molar refractivity (Wildman–Crippen MR) is 101 cm³/mol. The zero-order valence-electron chi connectivity index (χ0n) is 14.2. The highest BCUT2D eigenvalue weighted by Gasteiger charge is 2.45. The van der Waals surface area contributed by atoms with Crippen LogP contribution in [0.5, 0.6) is 0 Å².